The number of Topliss-reactive ketones (excluding diaryl/α,β-unsaturated/α-hetero) is 1. The van der Waals surface area contributed by atoms with Crippen molar-refractivity contribution in [2.75, 3.05) is 13.2 Å². The van der Waals surface area contributed by atoms with Crippen LogP contribution >= 0.6 is 0 Å². The molecule has 264 valence electrons. The maximum atomic E-state index is 14.3. The first kappa shape index (κ1) is 35.7. The highest BCUT2D eigenvalue weighted by Gasteiger charge is 2.76. The number of nitrogens with one attached hydrogen (secondary N) is 1. The van der Waals surface area contributed by atoms with Gasteiger partial charge < -0.3 is 49.8 Å². The van der Waals surface area contributed by atoms with E-state index in [2.05, 4.69) is 5.32 Å². The molecule has 14 nitrogen and oxygen atoms in total. The lowest BCUT2D eigenvalue weighted by atomic mass is 9.45. The van der Waals surface area contributed by atoms with Crippen molar-refractivity contribution in [3.8, 4) is 0 Å². The van der Waals surface area contributed by atoms with Crippen LogP contribution in [0.5, 0.6) is 0 Å². The predicted octanol–water partition coefficient (Wildman–Crippen LogP) is 0.290. The summed E-state index contributed by atoms with van der Waals surface area (Å²) >= 11 is 0. The number of hydrogen-bond donors (Lipinski definition) is 6. The molecule has 47 heavy (non-hydrogen) atoms. The Bertz CT molecular complexity index is 1340. The molecule has 14 heteroatoms. The molecule has 0 spiro atoms. The Morgan fingerprint density at radius 1 is 1.09 bits per heavy atom. The smallest absolute Gasteiger partial charge is 0.407 e. The third kappa shape index (κ3) is 5.58. The Balaban J connectivity index is 1.54. The second kappa shape index (κ2) is 12.1. The van der Waals surface area contributed by atoms with Gasteiger partial charge in [-0.2, -0.15) is 0 Å². The van der Waals surface area contributed by atoms with E-state index < -0.39 is 101 Å². The lowest BCUT2D eigenvalue weighted by Gasteiger charge is -2.66. The summed E-state index contributed by atoms with van der Waals surface area (Å²) in [5.41, 5.74) is -7.19. The first-order valence-corrected chi connectivity index (χ1v) is 16.4. The lowest BCUT2D eigenvalue weighted by molar-refractivity contribution is -0.345. The highest BCUT2D eigenvalue weighted by Crippen LogP contribution is 2.63. The Morgan fingerprint density at radius 3 is 2.26 bits per heavy atom. The molecule has 0 aromatic carbocycles. The van der Waals surface area contributed by atoms with E-state index in [-0.39, 0.29) is 42.6 Å². The molecule has 1 aliphatic heterocycles. The topological polar surface area (TPSA) is 218 Å². The second-order valence-corrected chi connectivity index (χ2v) is 15.3. The molecule has 5 aliphatic rings. The van der Waals surface area contributed by atoms with Gasteiger partial charge in [-0.1, -0.05) is 27.7 Å². The van der Waals surface area contributed by atoms with Gasteiger partial charge in [-0.15, -0.1) is 0 Å². The standard InChI is InChI=1S/C33H49NO13/c1-14(2)12-44-29(41)34-22(17-8-9-17)24(38)28(40)47-18-11-33(43)27(46-16(4)35)25-31(7,19(36)10-20-32(25,42)13-45-20)26(39)23(37)21(15(18)3)30(33,5)6/h14,17-20,22-25,27,36-38,42-43H,8-13H2,1-7H3,(H,34,41)/t18-,19-,20+,22-,23+,24+,25-,27-,31+,32-,33+/m0/s1. The average molecular weight is 668 g/mol. The van der Waals surface area contributed by atoms with E-state index in [1.165, 1.54) is 13.8 Å². The van der Waals surface area contributed by atoms with Crippen LogP contribution in [0.2, 0.25) is 0 Å². The Labute approximate surface area is 273 Å². The fourth-order valence-electron chi connectivity index (χ4n) is 8.48. The summed E-state index contributed by atoms with van der Waals surface area (Å²) in [5, 5.41) is 61.6. The van der Waals surface area contributed by atoms with E-state index in [4.69, 9.17) is 18.9 Å². The van der Waals surface area contributed by atoms with Crippen LogP contribution in [0.4, 0.5) is 4.79 Å². The van der Waals surface area contributed by atoms with E-state index >= 15 is 0 Å². The highest BCUT2D eigenvalue weighted by molar-refractivity contribution is 5.93. The molecule has 5 rings (SSSR count). The van der Waals surface area contributed by atoms with Gasteiger partial charge in [0.05, 0.1) is 36.9 Å². The molecule has 4 fully saturated rings. The summed E-state index contributed by atoms with van der Waals surface area (Å²) in [6.07, 6.45) is -9.13. The van der Waals surface area contributed by atoms with E-state index in [9.17, 15) is 44.7 Å². The lowest BCUT2D eigenvalue weighted by Crippen LogP contribution is -2.81. The Kier molecular flexibility index (Phi) is 9.15. The molecular formula is C33H49NO13. The van der Waals surface area contributed by atoms with E-state index in [1.54, 1.807) is 13.8 Å². The van der Waals surface area contributed by atoms with Crippen LogP contribution in [-0.4, -0.2) is 116 Å². The number of aliphatic hydroxyl groups is 5. The van der Waals surface area contributed by atoms with Crippen LogP contribution in [0, 0.1) is 28.6 Å². The normalized spacial score (nSPS) is 40.5. The summed E-state index contributed by atoms with van der Waals surface area (Å²) in [7, 11) is 0. The number of hydrogen-bond acceptors (Lipinski definition) is 13. The van der Waals surface area contributed by atoms with Gasteiger partial charge in [0, 0.05) is 31.1 Å². The van der Waals surface area contributed by atoms with Crippen LogP contribution in [-0.2, 0) is 33.3 Å². The molecule has 11 atom stereocenters. The molecule has 0 aromatic heterocycles. The molecule has 3 saturated carbocycles. The molecule has 0 unspecified atom stereocenters. The zero-order valence-corrected chi connectivity index (χ0v) is 28.0. The minimum Gasteiger partial charge on any atom is -0.459 e. The third-order valence-electron chi connectivity index (χ3n) is 11.5. The Hall–Kier alpha value is -2.62. The van der Waals surface area contributed by atoms with Gasteiger partial charge in [0.2, 0.25) is 0 Å². The zero-order chi connectivity index (χ0) is 35.0. The number of rotatable bonds is 8. The number of carbonyl (C=O) groups excluding carboxylic acids is 4. The molecule has 0 radical (unpaired) electrons. The predicted molar refractivity (Wildman–Crippen MR) is 161 cm³/mol. The second-order valence-electron chi connectivity index (χ2n) is 15.3. The van der Waals surface area contributed by atoms with Crippen LogP contribution in [0.1, 0.15) is 74.1 Å². The van der Waals surface area contributed by atoms with Crippen LogP contribution < -0.4 is 5.32 Å². The van der Waals surface area contributed by atoms with Crippen LogP contribution in [0.25, 0.3) is 0 Å². The van der Waals surface area contributed by atoms with Crippen LogP contribution in [0.3, 0.4) is 0 Å². The molecule has 1 saturated heterocycles. The summed E-state index contributed by atoms with van der Waals surface area (Å²) in [4.78, 5) is 52.9. The summed E-state index contributed by atoms with van der Waals surface area (Å²) in [6, 6.07) is -1.01. The van der Waals surface area contributed by atoms with Crippen molar-refractivity contribution >= 4 is 23.8 Å². The molecule has 2 bridgehead atoms. The van der Waals surface area contributed by atoms with Crippen LogP contribution in [0.15, 0.2) is 11.1 Å². The maximum absolute atomic E-state index is 14.3. The van der Waals surface area contributed by atoms with Gasteiger partial charge in [0.15, 0.2) is 11.9 Å². The van der Waals surface area contributed by atoms with Crippen molar-refractivity contribution in [2.24, 2.45) is 28.6 Å². The molecule has 1 heterocycles. The Morgan fingerprint density at radius 2 is 1.72 bits per heavy atom. The fourth-order valence-corrected chi connectivity index (χ4v) is 8.48. The number of ether oxygens (including phenoxy) is 4. The van der Waals surface area contributed by atoms with Crippen molar-refractivity contribution in [1.29, 1.82) is 0 Å². The van der Waals surface area contributed by atoms with Gasteiger partial charge >= 0.3 is 18.0 Å². The van der Waals surface area contributed by atoms with Gasteiger partial charge in [-0.05, 0) is 49.7 Å². The number of ketones is 1. The summed E-state index contributed by atoms with van der Waals surface area (Å²) in [5.74, 6) is -4.39. The largest absolute Gasteiger partial charge is 0.459 e. The van der Waals surface area contributed by atoms with Gasteiger partial charge in [-0.25, -0.2) is 9.59 Å². The quantitative estimate of drug-likeness (QED) is 0.117. The van der Waals surface area contributed by atoms with Crippen molar-refractivity contribution < 1.29 is 63.7 Å². The average Bonchev–Trinajstić information content (AvgIpc) is 3.82. The first-order chi connectivity index (χ1) is 21.7. The summed E-state index contributed by atoms with van der Waals surface area (Å²) < 4.78 is 22.3. The van der Waals surface area contributed by atoms with E-state index in [1.807, 2.05) is 13.8 Å². The first-order valence-electron chi connectivity index (χ1n) is 16.4. The van der Waals surface area contributed by atoms with E-state index in [0.29, 0.717) is 12.8 Å². The number of amides is 1. The van der Waals surface area contributed by atoms with Gasteiger partial charge in [0.1, 0.15) is 29.5 Å². The number of carbonyl (C=O) groups is 4. The number of fused-ring (bicyclic) bond motifs is 5. The third-order valence-corrected chi connectivity index (χ3v) is 11.5. The summed E-state index contributed by atoms with van der Waals surface area (Å²) in [6.45, 7) is 10.7. The fraction of sp³-hybridized carbons (Fsp3) is 0.818. The molecule has 4 aliphatic carbocycles. The maximum Gasteiger partial charge on any atom is 0.407 e. The molecule has 6 N–H and O–H groups in total. The SMILES string of the molecule is CC(=O)O[C@H]1[C@@H]2[C@]3(O)CO[C@@H]3C[C@H](O)[C@@]2(C)C(=O)[C@H](O)C2=C(C)[C@@H](OC(=O)[C@H](O)[C@@H](NC(=O)OCC(C)C)C3CC3)C[C@]1(O)C2(C)C. The van der Waals surface area contributed by atoms with E-state index in [0.717, 1.165) is 6.92 Å². The molecule has 0 aromatic rings. The van der Waals surface area contributed by atoms with Gasteiger partial charge in [0.25, 0.3) is 0 Å². The number of aliphatic hydroxyl groups excluding tert-OH is 3. The molecule has 1 amide bonds. The highest BCUT2D eigenvalue weighted by atomic mass is 16.6. The van der Waals surface area contributed by atoms with Gasteiger partial charge in [-0.3, -0.25) is 9.59 Å². The number of alkyl carbamates (subject to hydrolysis) is 1. The zero-order valence-electron chi connectivity index (χ0n) is 28.0. The van der Waals surface area contributed by atoms with Crippen molar-refractivity contribution in [3.63, 3.8) is 0 Å². The van der Waals surface area contributed by atoms with Crippen molar-refractivity contribution in [1.82, 2.24) is 5.32 Å². The van der Waals surface area contributed by atoms with Crippen molar-refractivity contribution in [3.05, 3.63) is 11.1 Å². The minimum absolute atomic E-state index is 0.000621. The number of esters is 2. The van der Waals surface area contributed by atoms with Crippen molar-refractivity contribution in [2.45, 2.75) is 128 Å². The minimum atomic E-state index is -2.20. The molecular weight excluding hydrogens is 618 g/mol. The monoisotopic (exact) mass is 667 g/mol.